The molecule has 1 amide bonds. The number of aliphatic hydroxyl groups excluding tert-OH is 1. The summed E-state index contributed by atoms with van der Waals surface area (Å²) < 4.78 is 6.60. The normalized spacial score (nSPS) is 17.5. The molecule has 194 valence electrons. The zero-order valence-corrected chi connectivity index (χ0v) is 22.7. The summed E-state index contributed by atoms with van der Waals surface area (Å²) in [5, 5.41) is 11.7. The second-order valence-corrected chi connectivity index (χ2v) is 11.6. The van der Waals surface area contributed by atoms with Crippen molar-refractivity contribution in [1.29, 1.82) is 0 Å². The van der Waals surface area contributed by atoms with E-state index < -0.39 is 17.7 Å². The SMILES string of the molecule is CC(C)Oc1ccc(/C(O)=C2\C(=O)C(=O)N(c3nc4ccc(C(C)(C)C)cc4s3)C2c2ccccn2)cc1. The van der Waals surface area contributed by atoms with Crippen LogP contribution in [0, 0.1) is 0 Å². The average molecular weight is 528 g/mol. The number of carbonyl (C=O) groups excluding carboxylic acids is 2. The second kappa shape index (κ2) is 9.68. The van der Waals surface area contributed by atoms with Gasteiger partial charge in [-0.15, -0.1) is 0 Å². The number of aromatic nitrogens is 2. The van der Waals surface area contributed by atoms with Gasteiger partial charge in [0.1, 0.15) is 17.6 Å². The van der Waals surface area contributed by atoms with Crippen molar-refractivity contribution in [3.63, 3.8) is 0 Å². The van der Waals surface area contributed by atoms with Crippen LogP contribution in [-0.4, -0.2) is 32.9 Å². The van der Waals surface area contributed by atoms with E-state index >= 15 is 0 Å². The van der Waals surface area contributed by atoms with Crippen LogP contribution in [-0.2, 0) is 15.0 Å². The second-order valence-electron chi connectivity index (χ2n) is 10.5. The molecule has 1 N–H and O–H groups in total. The first-order valence-electron chi connectivity index (χ1n) is 12.4. The number of carbonyl (C=O) groups is 2. The zero-order valence-electron chi connectivity index (χ0n) is 21.9. The number of rotatable bonds is 5. The Labute approximate surface area is 225 Å². The van der Waals surface area contributed by atoms with Gasteiger partial charge in [-0.1, -0.05) is 44.2 Å². The Hall–Kier alpha value is -4.04. The quantitative estimate of drug-likeness (QED) is 0.183. The third-order valence-corrected chi connectivity index (χ3v) is 7.38. The van der Waals surface area contributed by atoms with Gasteiger partial charge < -0.3 is 9.84 Å². The largest absolute Gasteiger partial charge is 0.507 e. The van der Waals surface area contributed by atoms with Crippen LogP contribution in [0.5, 0.6) is 5.75 Å². The van der Waals surface area contributed by atoms with E-state index in [9.17, 15) is 14.7 Å². The molecular weight excluding hydrogens is 498 g/mol. The van der Waals surface area contributed by atoms with Gasteiger partial charge in [-0.2, -0.15) is 0 Å². The summed E-state index contributed by atoms with van der Waals surface area (Å²) in [5.41, 5.74) is 2.67. The molecule has 0 aliphatic carbocycles. The maximum atomic E-state index is 13.5. The maximum Gasteiger partial charge on any atom is 0.301 e. The van der Waals surface area contributed by atoms with E-state index in [-0.39, 0.29) is 22.9 Å². The van der Waals surface area contributed by atoms with E-state index in [4.69, 9.17) is 9.72 Å². The number of anilines is 1. The molecule has 8 heteroatoms. The molecule has 0 radical (unpaired) electrons. The summed E-state index contributed by atoms with van der Waals surface area (Å²) in [7, 11) is 0. The van der Waals surface area contributed by atoms with E-state index in [0.29, 0.717) is 22.1 Å². The van der Waals surface area contributed by atoms with Crippen molar-refractivity contribution in [2.24, 2.45) is 0 Å². The van der Waals surface area contributed by atoms with Gasteiger partial charge >= 0.3 is 5.91 Å². The van der Waals surface area contributed by atoms with Crippen LogP contribution < -0.4 is 9.64 Å². The first kappa shape index (κ1) is 25.6. The summed E-state index contributed by atoms with van der Waals surface area (Å²) in [6, 6.07) is 17.2. The molecule has 3 heterocycles. The number of nitrogens with zero attached hydrogens (tertiary/aromatic N) is 3. The van der Waals surface area contributed by atoms with Gasteiger partial charge in [0, 0.05) is 11.8 Å². The third kappa shape index (κ3) is 4.67. The molecule has 2 aromatic heterocycles. The summed E-state index contributed by atoms with van der Waals surface area (Å²) in [6.07, 6.45) is 1.60. The minimum atomic E-state index is -0.926. The number of fused-ring (bicyclic) bond motifs is 1. The minimum absolute atomic E-state index is 0.00258. The van der Waals surface area contributed by atoms with Gasteiger partial charge in [-0.25, -0.2) is 4.98 Å². The van der Waals surface area contributed by atoms with E-state index in [1.807, 2.05) is 26.0 Å². The number of Topliss-reactive ketones (excluding diaryl/α,β-unsaturated/α-hetero) is 1. The molecule has 0 bridgehead atoms. The van der Waals surface area contributed by atoms with Crippen LogP contribution in [0.1, 0.15) is 57.5 Å². The third-order valence-electron chi connectivity index (χ3n) is 6.36. The smallest absolute Gasteiger partial charge is 0.301 e. The highest BCUT2D eigenvalue weighted by molar-refractivity contribution is 7.22. The molecular formula is C30H29N3O4S. The number of benzene rings is 2. The van der Waals surface area contributed by atoms with Crippen molar-refractivity contribution in [2.75, 3.05) is 4.90 Å². The molecule has 1 atom stereocenters. The predicted molar refractivity (Wildman–Crippen MR) is 150 cm³/mol. The van der Waals surface area contributed by atoms with Crippen molar-refractivity contribution in [3.8, 4) is 5.75 Å². The van der Waals surface area contributed by atoms with Gasteiger partial charge in [0.2, 0.25) is 0 Å². The number of ketones is 1. The molecule has 0 saturated carbocycles. The Morgan fingerprint density at radius 1 is 1.05 bits per heavy atom. The van der Waals surface area contributed by atoms with E-state index in [1.165, 1.54) is 16.2 Å². The summed E-state index contributed by atoms with van der Waals surface area (Å²) >= 11 is 1.34. The maximum absolute atomic E-state index is 13.5. The Balaban J connectivity index is 1.64. The topological polar surface area (TPSA) is 92.6 Å². The van der Waals surface area contributed by atoms with Crippen LogP contribution in [0.3, 0.4) is 0 Å². The number of pyridine rings is 1. The number of amides is 1. The standard InChI is InChI=1S/C30H29N3O4S/c1-17(2)37-20-12-9-18(10-13-20)26(34)24-25(22-8-6-7-15-31-22)33(28(36)27(24)35)29-32-21-14-11-19(30(3,4)5)16-23(21)38-29/h6-17,25,34H,1-5H3/b26-24+. The Bertz CT molecular complexity index is 1550. The molecule has 1 unspecified atom stereocenters. The Kier molecular flexibility index (Phi) is 6.53. The lowest BCUT2D eigenvalue weighted by atomic mass is 9.87. The minimum Gasteiger partial charge on any atom is -0.507 e. The molecule has 1 aliphatic heterocycles. The lowest BCUT2D eigenvalue weighted by Gasteiger charge is -2.22. The van der Waals surface area contributed by atoms with Crippen LogP contribution in [0.25, 0.3) is 16.0 Å². The number of thiazole rings is 1. The highest BCUT2D eigenvalue weighted by atomic mass is 32.1. The summed E-state index contributed by atoms with van der Waals surface area (Å²) in [5.74, 6) is -1.16. The van der Waals surface area contributed by atoms with Gasteiger partial charge in [0.15, 0.2) is 5.13 Å². The zero-order chi connectivity index (χ0) is 27.2. The molecule has 2 aromatic carbocycles. The lowest BCUT2D eigenvalue weighted by Crippen LogP contribution is -2.29. The first-order valence-corrected chi connectivity index (χ1v) is 13.3. The highest BCUT2D eigenvalue weighted by Gasteiger charge is 2.48. The molecule has 7 nitrogen and oxygen atoms in total. The molecule has 1 fully saturated rings. The van der Waals surface area contributed by atoms with Gasteiger partial charge in [-0.05, 0) is 73.4 Å². The predicted octanol–water partition coefficient (Wildman–Crippen LogP) is 6.40. The van der Waals surface area contributed by atoms with E-state index in [0.717, 1.165) is 15.8 Å². The van der Waals surface area contributed by atoms with Crippen LogP contribution in [0.2, 0.25) is 0 Å². The molecule has 1 saturated heterocycles. The van der Waals surface area contributed by atoms with Crippen LogP contribution in [0.15, 0.2) is 72.4 Å². The van der Waals surface area contributed by atoms with Crippen molar-refractivity contribution in [2.45, 2.75) is 52.2 Å². The number of hydrogen-bond acceptors (Lipinski definition) is 7. The van der Waals surface area contributed by atoms with Crippen molar-refractivity contribution >= 4 is 44.1 Å². The number of hydrogen-bond donors (Lipinski definition) is 1. The van der Waals surface area contributed by atoms with Gasteiger partial charge in [0.25, 0.3) is 5.78 Å². The van der Waals surface area contributed by atoms with Crippen molar-refractivity contribution < 1.29 is 19.4 Å². The van der Waals surface area contributed by atoms with Crippen LogP contribution in [0.4, 0.5) is 5.13 Å². The van der Waals surface area contributed by atoms with Gasteiger partial charge in [0.05, 0.1) is 27.6 Å². The first-order chi connectivity index (χ1) is 18.0. The monoisotopic (exact) mass is 527 g/mol. The average Bonchev–Trinajstić information content (AvgIpc) is 3.41. The summed E-state index contributed by atoms with van der Waals surface area (Å²) in [6.45, 7) is 10.3. The van der Waals surface area contributed by atoms with Crippen molar-refractivity contribution in [3.05, 3.63) is 89.3 Å². The molecule has 38 heavy (non-hydrogen) atoms. The highest BCUT2D eigenvalue weighted by Crippen LogP contribution is 2.44. The number of aliphatic hydroxyl groups is 1. The Morgan fingerprint density at radius 3 is 2.42 bits per heavy atom. The molecule has 1 aliphatic rings. The fraction of sp³-hybridized carbons (Fsp3) is 0.267. The van der Waals surface area contributed by atoms with Gasteiger partial charge in [-0.3, -0.25) is 19.5 Å². The van der Waals surface area contributed by atoms with Crippen molar-refractivity contribution in [1.82, 2.24) is 9.97 Å². The Morgan fingerprint density at radius 2 is 1.79 bits per heavy atom. The van der Waals surface area contributed by atoms with Crippen LogP contribution >= 0.6 is 11.3 Å². The molecule has 4 aromatic rings. The number of ether oxygens (including phenoxy) is 1. The summed E-state index contributed by atoms with van der Waals surface area (Å²) in [4.78, 5) is 37.4. The molecule has 5 rings (SSSR count). The van der Waals surface area contributed by atoms with E-state index in [2.05, 4.69) is 31.8 Å². The fourth-order valence-electron chi connectivity index (χ4n) is 4.45. The van der Waals surface area contributed by atoms with E-state index in [1.54, 1.807) is 48.7 Å². The molecule has 0 spiro atoms. The lowest BCUT2D eigenvalue weighted by molar-refractivity contribution is -0.132. The fourth-order valence-corrected chi connectivity index (χ4v) is 5.48.